The number of benzene rings is 1. The molecule has 2 atom stereocenters. The molecule has 0 aromatic heterocycles. The number of halogens is 2. The van der Waals surface area contributed by atoms with E-state index in [4.69, 9.17) is 14.2 Å². The topological polar surface area (TPSA) is 27.7 Å². The van der Waals surface area contributed by atoms with Crippen LogP contribution < -0.4 is 4.74 Å². The van der Waals surface area contributed by atoms with Crippen molar-refractivity contribution in [3.63, 3.8) is 0 Å². The molecule has 0 bridgehead atoms. The highest BCUT2D eigenvalue weighted by Crippen LogP contribution is 2.30. The molecule has 1 aliphatic heterocycles. The van der Waals surface area contributed by atoms with Gasteiger partial charge in [0, 0.05) is 0 Å². The van der Waals surface area contributed by atoms with Crippen molar-refractivity contribution in [1.82, 2.24) is 0 Å². The van der Waals surface area contributed by atoms with Crippen LogP contribution in [0.2, 0.25) is 0 Å². The predicted octanol–water partition coefficient (Wildman–Crippen LogP) is 4.31. The summed E-state index contributed by atoms with van der Waals surface area (Å²) in [7, 11) is 0. The lowest BCUT2D eigenvalue weighted by molar-refractivity contribution is -0.145. The molecule has 5 heteroatoms. The summed E-state index contributed by atoms with van der Waals surface area (Å²) < 4.78 is 30.6. The summed E-state index contributed by atoms with van der Waals surface area (Å²) in [6.45, 7) is 7.88. The first-order chi connectivity index (χ1) is 8.91. The van der Waals surface area contributed by atoms with Crippen molar-refractivity contribution in [2.45, 2.75) is 39.3 Å². The first-order valence-corrected chi connectivity index (χ1v) is 6.76. The lowest BCUT2D eigenvalue weighted by Gasteiger charge is -2.23. The third-order valence-electron chi connectivity index (χ3n) is 2.79. The van der Waals surface area contributed by atoms with Gasteiger partial charge in [0.05, 0.1) is 11.1 Å². The summed E-state index contributed by atoms with van der Waals surface area (Å²) >= 11 is 3.26. The van der Waals surface area contributed by atoms with Crippen molar-refractivity contribution >= 4 is 15.9 Å². The van der Waals surface area contributed by atoms with E-state index in [0.717, 1.165) is 0 Å². The average molecular weight is 347 g/mol. The maximum absolute atomic E-state index is 13.0. The third-order valence-corrected chi connectivity index (χ3v) is 3.41. The van der Waals surface area contributed by atoms with Gasteiger partial charge in [-0.15, -0.1) is 0 Å². The highest BCUT2D eigenvalue weighted by atomic mass is 79.9. The van der Waals surface area contributed by atoms with Crippen molar-refractivity contribution < 1.29 is 18.6 Å². The Bertz CT molecular complexity index is 476. The van der Waals surface area contributed by atoms with Crippen molar-refractivity contribution in [3.05, 3.63) is 41.1 Å². The summed E-state index contributed by atoms with van der Waals surface area (Å²) in [5.74, 6) is -0.398. The monoisotopic (exact) mass is 346 g/mol. The van der Waals surface area contributed by atoms with Crippen LogP contribution in [0.1, 0.15) is 21.3 Å². The number of hydrogen-bond acceptors (Lipinski definition) is 3. The molecule has 1 aromatic rings. The summed E-state index contributed by atoms with van der Waals surface area (Å²) in [6, 6.07) is 4.26. The van der Waals surface area contributed by atoms with Crippen LogP contribution in [-0.2, 0) is 9.47 Å². The van der Waals surface area contributed by atoms with Gasteiger partial charge in [-0.2, -0.15) is 0 Å². The quantitative estimate of drug-likeness (QED) is 0.760. The van der Waals surface area contributed by atoms with E-state index in [0.29, 0.717) is 16.8 Å². The molecule has 0 amide bonds. The highest BCUT2D eigenvalue weighted by molar-refractivity contribution is 9.10. The van der Waals surface area contributed by atoms with Gasteiger partial charge in [0.25, 0.3) is 0 Å². The van der Waals surface area contributed by atoms with Gasteiger partial charge in [0.1, 0.15) is 23.8 Å². The minimum atomic E-state index is -0.616. The summed E-state index contributed by atoms with van der Waals surface area (Å²) in [5.41, 5.74) is 0. The molecule has 20 heavy (non-hydrogen) atoms. The Morgan fingerprint density at radius 1 is 1.55 bits per heavy atom. The van der Waals surface area contributed by atoms with Gasteiger partial charge in [-0.05, 0) is 54.1 Å². The van der Waals surface area contributed by atoms with E-state index in [-0.39, 0.29) is 25.5 Å². The second-order valence-corrected chi connectivity index (χ2v) is 5.61. The largest absolute Gasteiger partial charge is 0.482 e. The van der Waals surface area contributed by atoms with E-state index >= 15 is 0 Å². The summed E-state index contributed by atoms with van der Waals surface area (Å²) in [4.78, 5) is 0. The van der Waals surface area contributed by atoms with E-state index in [1.165, 1.54) is 12.1 Å². The summed E-state index contributed by atoms with van der Waals surface area (Å²) in [6.07, 6.45) is 1.07. The Morgan fingerprint density at radius 2 is 2.25 bits per heavy atom. The molecule has 1 saturated heterocycles. The average Bonchev–Trinajstić information content (AvgIpc) is 2.69. The van der Waals surface area contributed by atoms with Gasteiger partial charge in [0.2, 0.25) is 0 Å². The second kappa shape index (κ2) is 6.70. The Morgan fingerprint density at radius 3 is 2.75 bits per heavy atom. The van der Waals surface area contributed by atoms with E-state index in [1.54, 1.807) is 12.1 Å². The third kappa shape index (κ3) is 4.04. The predicted molar refractivity (Wildman–Crippen MR) is 80.3 cm³/mol. The zero-order valence-corrected chi connectivity index (χ0v) is 12.4. The second-order valence-electron chi connectivity index (χ2n) is 4.76. The highest BCUT2D eigenvalue weighted by Gasteiger charge is 2.37. The molecule has 2 rings (SSSR count). The first-order valence-electron chi connectivity index (χ1n) is 5.97. The Labute approximate surface area is 127 Å². The fourth-order valence-electron chi connectivity index (χ4n) is 1.87. The van der Waals surface area contributed by atoms with Crippen LogP contribution in [-0.4, -0.2) is 24.6 Å². The zero-order valence-electron chi connectivity index (χ0n) is 10.9. The fraction of sp³-hybridized carbons (Fsp3) is 0.467. The zero-order chi connectivity index (χ0) is 14.0. The minimum absolute atomic E-state index is 0. The molecule has 1 fully saturated rings. The SMILES string of the molecule is C.C=CC(Oc1ccc(F)cc1Br)[C@H]1COC(C)(C)O1. The number of ether oxygens (including phenoxy) is 3. The Kier molecular flexibility index (Phi) is 5.74. The van der Waals surface area contributed by atoms with Crippen LogP contribution in [0.4, 0.5) is 4.39 Å². The van der Waals surface area contributed by atoms with Crippen LogP contribution in [0.5, 0.6) is 5.75 Å². The van der Waals surface area contributed by atoms with Crippen LogP contribution >= 0.6 is 15.9 Å². The molecule has 0 N–H and O–H groups in total. The number of rotatable bonds is 4. The molecule has 0 aliphatic carbocycles. The minimum Gasteiger partial charge on any atom is -0.482 e. The van der Waals surface area contributed by atoms with E-state index < -0.39 is 5.79 Å². The Balaban J connectivity index is 0.00000200. The maximum atomic E-state index is 13.0. The Hall–Kier alpha value is -0.910. The first kappa shape index (κ1) is 17.1. The van der Waals surface area contributed by atoms with Gasteiger partial charge in [-0.25, -0.2) is 4.39 Å². The molecular weight excluding hydrogens is 327 g/mol. The van der Waals surface area contributed by atoms with E-state index in [9.17, 15) is 4.39 Å². The summed E-state index contributed by atoms with van der Waals surface area (Å²) in [5, 5.41) is 0. The number of hydrogen-bond donors (Lipinski definition) is 0. The van der Waals surface area contributed by atoms with Crippen LogP contribution in [0, 0.1) is 5.82 Å². The molecular formula is C15H20BrFO3. The van der Waals surface area contributed by atoms with Crippen LogP contribution in [0.3, 0.4) is 0 Å². The molecule has 0 radical (unpaired) electrons. The fourth-order valence-corrected chi connectivity index (χ4v) is 2.31. The van der Waals surface area contributed by atoms with Crippen LogP contribution in [0.25, 0.3) is 0 Å². The molecule has 1 aliphatic rings. The molecule has 112 valence electrons. The van der Waals surface area contributed by atoms with E-state index in [2.05, 4.69) is 22.5 Å². The van der Waals surface area contributed by atoms with Gasteiger partial charge in [-0.1, -0.05) is 14.0 Å². The van der Waals surface area contributed by atoms with Gasteiger partial charge in [-0.3, -0.25) is 0 Å². The molecule has 0 saturated carbocycles. The molecule has 1 unspecified atom stereocenters. The molecule has 1 heterocycles. The molecule has 0 spiro atoms. The van der Waals surface area contributed by atoms with Gasteiger partial charge < -0.3 is 14.2 Å². The van der Waals surface area contributed by atoms with Crippen molar-refractivity contribution in [3.8, 4) is 5.75 Å². The van der Waals surface area contributed by atoms with E-state index in [1.807, 2.05) is 13.8 Å². The van der Waals surface area contributed by atoms with Crippen molar-refractivity contribution in [2.75, 3.05) is 6.61 Å². The van der Waals surface area contributed by atoms with Gasteiger partial charge in [0.15, 0.2) is 5.79 Å². The van der Waals surface area contributed by atoms with Gasteiger partial charge >= 0.3 is 0 Å². The molecule has 1 aromatic carbocycles. The lowest BCUT2D eigenvalue weighted by Crippen LogP contribution is -2.33. The standard InChI is InChI=1S/C14H16BrFO3.CH4/c1-4-11(13-8-17-14(2,3)19-13)18-12-6-5-9(16)7-10(12)15;/h4-7,11,13H,1,8H2,2-3H3;1H4/t11?,13-;/m1./s1. The maximum Gasteiger partial charge on any atom is 0.163 e. The molecule has 3 nitrogen and oxygen atoms in total. The van der Waals surface area contributed by atoms with Crippen LogP contribution in [0.15, 0.2) is 35.3 Å². The lowest BCUT2D eigenvalue weighted by atomic mass is 10.2. The van der Waals surface area contributed by atoms with Crippen molar-refractivity contribution in [1.29, 1.82) is 0 Å². The smallest absolute Gasteiger partial charge is 0.163 e. The normalized spacial score (nSPS) is 21.9. The van der Waals surface area contributed by atoms with Crippen molar-refractivity contribution in [2.24, 2.45) is 0 Å².